The molecule has 0 unspecified atom stereocenters. The van der Waals surface area contributed by atoms with Crippen molar-refractivity contribution in [3.8, 4) is 0 Å². The van der Waals surface area contributed by atoms with E-state index in [0.717, 1.165) is 28.8 Å². The summed E-state index contributed by atoms with van der Waals surface area (Å²) in [5.41, 5.74) is 2.56. The van der Waals surface area contributed by atoms with Crippen molar-refractivity contribution in [1.82, 2.24) is 5.32 Å². The lowest BCUT2D eigenvalue weighted by molar-refractivity contribution is -0.145. The van der Waals surface area contributed by atoms with Gasteiger partial charge in [0.1, 0.15) is 6.04 Å². The first-order valence-electron chi connectivity index (χ1n) is 8.70. The minimum atomic E-state index is -4.43. The quantitative estimate of drug-likeness (QED) is 0.761. The molecule has 2 aromatic carbocycles. The average molecular weight is 393 g/mol. The molecule has 1 N–H and O–H groups in total. The van der Waals surface area contributed by atoms with E-state index in [1.165, 1.54) is 19.2 Å². The van der Waals surface area contributed by atoms with Crippen LogP contribution in [0.5, 0.6) is 0 Å². The molecule has 0 aliphatic carbocycles. The molecule has 7 heteroatoms. The summed E-state index contributed by atoms with van der Waals surface area (Å²) in [6.45, 7) is 3.83. The Hall–Kier alpha value is -2.83. The van der Waals surface area contributed by atoms with Gasteiger partial charge in [-0.2, -0.15) is 13.2 Å². The molecule has 0 heterocycles. The van der Waals surface area contributed by atoms with Crippen LogP contribution >= 0.6 is 0 Å². The second-order valence-corrected chi connectivity index (χ2v) is 6.59. The number of aryl methyl sites for hydroxylation is 2. The summed E-state index contributed by atoms with van der Waals surface area (Å²) in [5.74, 6) is -1.05. The maximum absolute atomic E-state index is 12.6. The molecule has 0 bridgehead atoms. The number of amides is 1. The van der Waals surface area contributed by atoms with Crippen LogP contribution in [-0.2, 0) is 33.3 Å². The van der Waals surface area contributed by atoms with Crippen LogP contribution in [0.15, 0.2) is 42.5 Å². The van der Waals surface area contributed by atoms with E-state index in [4.69, 9.17) is 4.74 Å². The van der Waals surface area contributed by atoms with Gasteiger partial charge in [-0.25, -0.2) is 4.79 Å². The fraction of sp³-hybridized carbons (Fsp3) is 0.333. The summed E-state index contributed by atoms with van der Waals surface area (Å²) in [6.07, 6.45) is -4.30. The lowest BCUT2D eigenvalue weighted by Gasteiger charge is -2.19. The Balaban J connectivity index is 2.10. The smallest absolute Gasteiger partial charge is 0.416 e. The lowest BCUT2D eigenvalue weighted by Crippen LogP contribution is -2.44. The fourth-order valence-electron chi connectivity index (χ4n) is 2.95. The zero-order valence-electron chi connectivity index (χ0n) is 15.9. The summed E-state index contributed by atoms with van der Waals surface area (Å²) in [5, 5.41) is 2.63. The van der Waals surface area contributed by atoms with Crippen LogP contribution in [0, 0.1) is 13.8 Å². The first-order chi connectivity index (χ1) is 13.1. The second kappa shape index (κ2) is 8.91. The number of esters is 1. The Morgan fingerprint density at radius 3 is 2.11 bits per heavy atom. The molecule has 0 fully saturated rings. The van der Waals surface area contributed by atoms with E-state index in [2.05, 4.69) is 5.32 Å². The number of nitrogens with one attached hydrogen (secondary N) is 1. The van der Waals surface area contributed by atoms with Crippen molar-refractivity contribution in [3.63, 3.8) is 0 Å². The monoisotopic (exact) mass is 393 g/mol. The normalized spacial score (nSPS) is 12.4. The summed E-state index contributed by atoms with van der Waals surface area (Å²) in [4.78, 5) is 24.5. The van der Waals surface area contributed by atoms with Gasteiger partial charge in [-0.3, -0.25) is 4.79 Å². The molecule has 0 spiro atoms. The van der Waals surface area contributed by atoms with E-state index in [1.807, 2.05) is 32.0 Å². The van der Waals surface area contributed by atoms with E-state index in [9.17, 15) is 22.8 Å². The maximum Gasteiger partial charge on any atom is 0.416 e. The third-order valence-corrected chi connectivity index (χ3v) is 4.52. The molecule has 0 radical (unpaired) electrons. The summed E-state index contributed by atoms with van der Waals surface area (Å²) in [6, 6.07) is 9.22. The maximum atomic E-state index is 12.6. The fourth-order valence-corrected chi connectivity index (χ4v) is 2.95. The predicted molar refractivity (Wildman–Crippen MR) is 98.7 cm³/mol. The van der Waals surface area contributed by atoms with Crippen LogP contribution in [0.4, 0.5) is 13.2 Å². The molecule has 1 amide bonds. The summed E-state index contributed by atoms with van der Waals surface area (Å²) in [7, 11) is 1.24. The zero-order chi connectivity index (χ0) is 20.9. The Morgan fingerprint density at radius 2 is 1.61 bits per heavy atom. The third-order valence-electron chi connectivity index (χ3n) is 4.52. The highest BCUT2D eigenvalue weighted by Gasteiger charge is 2.30. The molecule has 0 saturated heterocycles. The third kappa shape index (κ3) is 5.58. The van der Waals surface area contributed by atoms with Gasteiger partial charge < -0.3 is 10.1 Å². The number of benzene rings is 2. The topological polar surface area (TPSA) is 55.4 Å². The van der Waals surface area contributed by atoms with Gasteiger partial charge in [0.25, 0.3) is 0 Å². The molecular weight excluding hydrogens is 371 g/mol. The van der Waals surface area contributed by atoms with Crippen molar-refractivity contribution in [2.24, 2.45) is 0 Å². The molecule has 0 saturated carbocycles. The van der Waals surface area contributed by atoms with E-state index in [-0.39, 0.29) is 12.8 Å². The van der Waals surface area contributed by atoms with Gasteiger partial charge >= 0.3 is 12.1 Å². The number of alkyl halides is 3. The predicted octanol–water partition coefficient (Wildman–Crippen LogP) is 3.77. The Bertz CT molecular complexity index is 825. The lowest BCUT2D eigenvalue weighted by atomic mass is 9.96. The molecule has 28 heavy (non-hydrogen) atoms. The molecule has 0 aliphatic heterocycles. The number of hydrogen-bond acceptors (Lipinski definition) is 3. The molecule has 0 aromatic heterocycles. The molecular formula is C21H22F3NO3. The minimum absolute atomic E-state index is 0.140. The number of hydrogen-bond donors (Lipinski definition) is 1. The van der Waals surface area contributed by atoms with Gasteiger partial charge in [-0.05, 0) is 48.2 Å². The molecule has 1 atom stereocenters. The Labute approximate surface area is 161 Å². The highest BCUT2D eigenvalue weighted by Crippen LogP contribution is 2.29. The van der Waals surface area contributed by atoms with E-state index < -0.39 is 29.7 Å². The number of halogens is 3. The van der Waals surface area contributed by atoms with Crippen LogP contribution in [0.1, 0.15) is 27.8 Å². The number of methoxy groups -OCH3 is 1. The Kier molecular flexibility index (Phi) is 6.83. The standard InChI is InChI=1S/C21H22F3NO3/c1-13-5-4-6-14(2)17(13)12-18(20(27)28-3)25-19(26)11-15-7-9-16(10-8-15)21(22,23)24/h4-10,18H,11-12H2,1-3H3,(H,25,26)/t18-/m0/s1. The van der Waals surface area contributed by atoms with Gasteiger partial charge in [0.05, 0.1) is 19.1 Å². The largest absolute Gasteiger partial charge is 0.467 e. The van der Waals surface area contributed by atoms with Crippen LogP contribution in [-0.4, -0.2) is 25.0 Å². The van der Waals surface area contributed by atoms with Gasteiger partial charge in [0.2, 0.25) is 5.91 Å². The molecule has 2 aromatic rings. The number of rotatable bonds is 6. The van der Waals surface area contributed by atoms with Crippen LogP contribution in [0.25, 0.3) is 0 Å². The van der Waals surface area contributed by atoms with Crippen LogP contribution in [0.2, 0.25) is 0 Å². The van der Waals surface area contributed by atoms with Crippen molar-refractivity contribution in [1.29, 1.82) is 0 Å². The van der Waals surface area contributed by atoms with E-state index >= 15 is 0 Å². The highest BCUT2D eigenvalue weighted by atomic mass is 19.4. The average Bonchev–Trinajstić information content (AvgIpc) is 2.63. The minimum Gasteiger partial charge on any atom is -0.467 e. The molecule has 2 rings (SSSR count). The summed E-state index contributed by atoms with van der Waals surface area (Å²) >= 11 is 0. The highest BCUT2D eigenvalue weighted by molar-refractivity contribution is 5.85. The van der Waals surface area contributed by atoms with Gasteiger partial charge in [0.15, 0.2) is 0 Å². The molecule has 4 nitrogen and oxygen atoms in total. The second-order valence-electron chi connectivity index (χ2n) is 6.59. The van der Waals surface area contributed by atoms with Crippen molar-refractivity contribution in [3.05, 3.63) is 70.3 Å². The number of carbonyl (C=O) groups excluding carboxylic acids is 2. The van der Waals surface area contributed by atoms with E-state index in [0.29, 0.717) is 5.56 Å². The van der Waals surface area contributed by atoms with Crippen molar-refractivity contribution < 1.29 is 27.5 Å². The van der Waals surface area contributed by atoms with Crippen molar-refractivity contribution >= 4 is 11.9 Å². The first kappa shape index (κ1) is 21.5. The van der Waals surface area contributed by atoms with Gasteiger partial charge in [-0.15, -0.1) is 0 Å². The van der Waals surface area contributed by atoms with Crippen LogP contribution < -0.4 is 5.32 Å². The SMILES string of the molecule is COC(=O)[C@H](Cc1c(C)cccc1C)NC(=O)Cc1ccc(C(F)(F)F)cc1. The van der Waals surface area contributed by atoms with Gasteiger partial charge in [-0.1, -0.05) is 30.3 Å². The van der Waals surface area contributed by atoms with E-state index in [1.54, 1.807) is 0 Å². The molecule has 150 valence electrons. The summed E-state index contributed by atoms with van der Waals surface area (Å²) < 4.78 is 42.7. The first-order valence-corrected chi connectivity index (χ1v) is 8.70. The van der Waals surface area contributed by atoms with Crippen molar-refractivity contribution in [2.75, 3.05) is 7.11 Å². The van der Waals surface area contributed by atoms with Gasteiger partial charge in [0, 0.05) is 6.42 Å². The van der Waals surface area contributed by atoms with Crippen LogP contribution in [0.3, 0.4) is 0 Å². The van der Waals surface area contributed by atoms with Crippen molar-refractivity contribution in [2.45, 2.75) is 38.9 Å². The zero-order valence-corrected chi connectivity index (χ0v) is 15.9. The molecule has 0 aliphatic rings. The number of carbonyl (C=O) groups is 2. The number of ether oxygens (including phenoxy) is 1. The Morgan fingerprint density at radius 1 is 1.04 bits per heavy atom.